The maximum absolute atomic E-state index is 10.2. The fraction of sp³-hybridized carbons (Fsp3) is 0.750. The van der Waals surface area contributed by atoms with Crippen LogP contribution in [0.1, 0.15) is 39.5 Å². The molecule has 2 rings (SSSR count). The molecule has 1 saturated carbocycles. The third kappa shape index (κ3) is 4.18. The summed E-state index contributed by atoms with van der Waals surface area (Å²) in [5, 5.41) is 13.3. The number of nitrogens with one attached hydrogen (secondary N) is 1. The Bertz CT molecular complexity index is 436. The van der Waals surface area contributed by atoms with Crippen LogP contribution in [0.15, 0.2) is 0 Å². The van der Waals surface area contributed by atoms with E-state index in [0.29, 0.717) is 12.5 Å². The van der Waals surface area contributed by atoms with Gasteiger partial charge in [-0.3, -0.25) is 0 Å². The number of halogens is 1. The highest BCUT2D eigenvalue weighted by Crippen LogP contribution is 2.29. The number of anilines is 1. The molecule has 0 unspecified atom stereocenters. The van der Waals surface area contributed by atoms with Crippen LogP contribution < -0.4 is 10.1 Å². The fourth-order valence-corrected chi connectivity index (χ4v) is 2.28. The van der Waals surface area contributed by atoms with E-state index in [0.717, 1.165) is 25.7 Å². The van der Waals surface area contributed by atoms with Crippen molar-refractivity contribution in [3.05, 3.63) is 5.28 Å². The number of nitrogens with zero attached hydrogens (tertiary/aromatic N) is 3. The predicted octanol–water partition coefficient (Wildman–Crippen LogP) is 2.03. The lowest BCUT2D eigenvalue weighted by Gasteiger charge is -2.22. The molecule has 1 fully saturated rings. The average Bonchev–Trinajstić information content (AvgIpc) is 2.73. The molecule has 1 aliphatic rings. The van der Waals surface area contributed by atoms with Gasteiger partial charge in [-0.05, 0) is 38.3 Å². The lowest BCUT2D eigenvalue weighted by atomic mass is 10.0. The summed E-state index contributed by atoms with van der Waals surface area (Å²) in [5.74, 6) is 0.330. The molecule has 0 aliphatic heterocycles. The van der Waals surface area contributed by atoms with Gasteiger partial charge in [-0.1, -0.05) is 12.8 Å². The van der Waals surface area contributed by atoms with Crippen LogP contribution in [0.3, 0.4) is 0 Å². The summed E-state index contributed by atoms with van der Waals surface area (Å²) in [6, 6.07) is 0.191. The molecule has 0 radical (unpaired) electrons. The number of ether oxygens (including phenoxy) is 1. The minimum Gasteiger partial charge on any atom is -0.461 e. The molecule has 0 bridgehead atoms. The number of aliphatic hydroxyl groups is 1. The van der Waals surface area contributed by atoms with Crippen molar-refractivity contribution in [2.45, 2.75) is 51.2 Å². The van der Waals surface area contributed by atoms with Crippen molar-refractivity contribution < 1.29 is 9.84 Å². The topological polar surface area (TPSA) is 80.2 Å². The van der Waals surface area contributed by atoms with E-state index >= 15 is 0 Å². The van der Waals surface area contributed by atoms with Crippen LogP contribution in [0.5, 0.6) is 6.01 Å². The predicted molar refractivity (Wildman–Crippen MR) is 72.5 cm³/mol. The maximum atomic E-state index is 10.2. The Morgan fingerprint density at radius 3 is 2.63 bits per heavy atom. The lowest BCUT2D eigenvalue weighted by molar-refractivity contribution is 0.0612. The molecule has 0 spiro atoms. The summed E-state index contributed by atoms with van der Waals surface area (Å²) in [6.07, 6.45) is 3.67. The fourth-order valence-electron chi connectivity index (χ4n) is 2.13. The van der Waals surface area contributed by atoms with Crippen molar-refractivity contribution in [3.63, 3.8) is 0 Å². The monoisotopic (exact) mass is 286 g/mol. The summed E-state index contributed by atoms with van der Waals surface area (Å²) in [7, 11) is 0. The zero-order valence-electron chi connectivity index (χ0n) is 11.2. The molecule has 7 heteroatoms. The normalized spacial score (nSPS) is 17.7. The second-order valence-electron chi connectivity index (χ2n) is 5.16. The third-order valence-electron chi connectivity index (χ3n) is 3.04. The van der Waals surface area contributed by atoms with Gasteiger partial charge in [0, 0.05) is 6.54 Å². The standard InChI is InChI=1S/C12H19ClN4O2/c1-8(2)19-11-16-9(13)15-10(17-11)14-7-12(18)5-3-4-6-12/h8,18H,3-7H2,1-2H3,(H,14,15,16,17). The van der Waals surface area contributed by atoms with Crippen molar-refractivity contribution >= 4 is 17.5 Å². The molecular formula is C12H19ClN4O2. The van der Waals surface area contributed by atoms with E-state index in [4.69, 9.17) is 16.3 Å². The van der Waals surface area contributed by atoms with Gasteiger partial charge in [0.2, 0.25) is 11.2 Å². The first kappa shape index (κ1) is 14.3. The summed E-state index contributed by atoms with van der Waals surface area (Å²) < 4.78 is 5.38. The molecule has 1 heterocycles. The van der Waals surface area contributed by atoms with E-state index in [1.807, 2.05) is 13.8 Å². The molecule has 0 aromatic carbocycles. The van der Waals surface area contributed by atoms with Gasteiger partial charge in [0.15, 0.2) is 0 Å². The smallest absolute Gasteiger partial charge is 0.322 e. The average molecular weight is 287 g/mol. The molecule has 0 amide bonds. The third-order valence-corrected chi connectivity index (χ3v) is 3.21. The Kier molecular flexibility index (Phi) is 4.42. The molecule has 6 nitrogen and oxygen atoms in total. The molecule has 0 atom stereocenters. The highest BCUT2D eigenvalue weighted by molar-refractivity contribution is 6.28. The van der Waals surface area contributed by atoms with Crippen LogP contribution in [-0.2, 0) is 0 Å². The molecule has 0 saturated heterocycles. The zero-order valence-corrected chi connectivity index (χ0v) is 11.9. The van der Waals surface area contributed by atoms with Crippen molar-refractivity contribution in [2.24, 2.45) is 0 Å². The minimum atomic E-state index is -0.668. The molecular weight excluding hydrogens is 268 g/mol. The van der Waals surface area contributed by atoms with Crippen molar-refractivity contribution in [3.8, 4) is 6.01 Å². The second kappa shape index (κ2) is 5.88. The minimum absolute atomic E-state index is 0.0367. The number of hydrogen-bond acceptors (Lipinski definition) is 6. The Hall–Kier alpha value is -1.14. The summed E-state index contributed by atoms with van der Waals surface area (Å²) in [6.45, 7) is 4.17. The van der Waals surface area contributed by atoms with E-state index in [2.05, 4.69) is 20.3 Å². The van der Waals surface area contributed by atoms with E-state index < -0.39 is 5.60 Å². The van der Waals surface area contributed by atoms with Crippen LogP contribution >= 0.6 is 11.6 Å². The van der Waals surface area contributed by atoms with Gasteiger partial charge in [0.1, 0.15) is 0 Å². The number of aromatic nitrogens is 3. The zero-order chi connectivity index (χ0) is 13.9. The summed E-state index contributed by atoms with van der Waals surface area (Å²) in [5.41, 5.74) is -0.668. The van der Waals surface area contributed by atoms with Crippen LogP contribution in [0, 0.1) is 0 Å². The van der Waals surface area contributed by atoms with E-state index in [9.17, 15) is 5.11 Å². The Labute approximate surface area is 117 Å². The maximum Gasteiger partial charge on any atom is 0.322 e. The van der Waals surface area contributed by atoms with Crippen molar-refractivity contribution in [1.29, 1.82) is 0 Å². The van der Waals surface area contributed by atoms with Gasteiger partial charge in [0.05, 0.1) is 11.7 Å². The van der Waals surface area contributed by atoms with Gasteiger partial charge in [0.25, 0.3) is 0 Å². The van der Waals surface area contributed by atoms with Gasteiger partial charge in [-0.25, -0.2) is 0 Å². The molecule has 2 N–H and O–H groups in total. The van der Waals surface area contributed by atoms with Crippen LogP contribution in [0.2, 0.25) is 5.28 Å². The first-order valence-electron chi connectivity index (χ1n) is 6.51. The first-order valence-corrected chi connectivity index (χ1v) is 6.89. The number of hydrogen-bond donors (Lipinski definition) is 2. The Morgan fingerprint density at radius 1 is 1.32 bits per heavy atom. The highest BCUT2D eigenvalue weighted by Gasteiger charge is 2.31. The van der Waals surface area contributed by atoms with Crippen LogP contribution in [-0.4, -0.2) is 38.3 Å². The van der Waals surface area contributed by atoms with Crippen molar-refractivity contribution in [1.82, 2.24) is 15.0 Å². The first-order chi connectivity index (χ1) is 8.97. The Morgan fingerprint density at radius 2 is 2.00 bits per heavy atom. The molecule has 1 aromatic rings. The lowest BCUT2D eigenvalue weighted by Crippen LogP contribution is -2.34. The molecule has 1 aromatic heterocycles. The van der Waals surface area contributed by atoms with Gasteiger partial charge < -0.3 is 15.2 Å². The van der Waals surface area contributed by atoms with Crippen LogP contribution in [0.4, 0.5) is 5.95 Å². The van der Waals surface area contributed by atoms with Crippen molar-refractivity contribution in [2.75, 3.05) is 11.9 Å². The van der Waals surface area contributed by atoms with Gasteiger partial charge in [-0.15, -0.1) is 0 Å². The van der Waals surface area contributed by atoms with Gasteiger partial charge in [-0.2, -0.15) is 15.0 Å². The molecule has 19 heavy (non-hydrogen) atoms. The summed E-state index contributed by atoms with van der Waals surface area (Å²) >= 11 is 5.82. The molecule has 106 valence electrons. The van der Waals surface area contributed by atoms with E-state index in [1.54, 1.807) is 0 Å². The number of rotatable bonds is 5. The van der Waals surface area contributed by atoms with E-state index in [1.165, 1.54) is 0 Å². The SMILES string of the molecule is CC(C)Oc1nc(Cl)nc(NCC2(O)CCCC2)n1. The second-order valence-corrected chi connectivity index (χ2v) is 5.50. The summed E-state index contributed by atoms with van der Waals surface area (Å²) in [4.78, 5) is 12.0. The Balaban J connectivity index is 2.01. The molecule has 1 aliphatic carbocycles. The highest BCUT2D eigenvalue weighted by atomic mass is 35.5. The van der Waals surface area contributed by atoms with Gasteiger partial charge >= 0.3 is 6.01 Å². The van der Waals surface area contributed by atoms with E-state index in [-0.39, 0.29) is 17.4 Å². The quantitative estimate of drug-likeness (QED) is 0.862. The largest absolute Gasteiger partial charge is 0.461 e. The van der Waals surface area contributed by atoms with Crippen LogP contribution in [0.25, 0.3) is 0 Å².